The summed E-state index contributed by atoms with van der Waals surface area (Å²) in [5.41, 5.74) is 1.03. The molecular formula is C13H11BrN2OS. The van der Waals surface area contributed by atoms with E-state index in [4.69, 9.17) is 10.00 Å². The first-order chi connectivity index (χ1) is 8.79. The fourth-order valence-corrected chi connectivity index (χ4v) is 2.85. The number of ether oxygens (including phenoxy) is 1. The van der Waals surface area contributed by atoms with Gasteiger partial charge in [-0.15, -0.1) is 11.3 Å². The van der Waals surface area contributed by atoms with Gasteiger partial charge in [-0.05, 0) is 51.6 Å². The first-order valence-electron chi connectivity index (χ1n) is 5.35. The number of benzene rings is 1. The minimum Gasteiger partial charge on any atom is -0.479 e. The molecule has 0 radical (unpaired) electrons. The molecule has 0 saturated carbocycles. The number of nitrogens with one attached hydrogen (secondary N) is 1. The highest BCUT2D eigenvalue weighted by Crippen LogP contribution is 2.24. The quantitative estimate of drug-likeness (QED) is 0.904. The summed E-state index contributed by atoms with van der Waals surface area (Å²) in [4.78, 5) is 1.26. The van der Waals surface area contributed by atoms with Crippen molar-refractivity contribution in [3.63, 3.8) is 0 Å². The summed E-state index contributed by atoms with van der Waals surface area (Å²) in [6.45, 7) is 0.867. The van der Waals surface area contributed by atoms with Gasteiger partial charge in [0.15, 0.2) is 6.61 Å². The van der Waals surface area contributed by atoms with Crippen LogP contribution in [0.2, 0.25) is 0 Å². The summed E-state index contributed by atoms with van der Waals surface area (Å²) in [6, 6.07) is 11.6. The third-order valence-corrected chi connectivity index (χ3v) is 4.23. The van der Waals surface area contributed by atoms with Crippen molar-refractivity contribution in [1.82, 2.24) is 0 Å². The molecule has 2 aromatic rings. The second-order valence-corrected chi connectivity index (χ2v) is 5.37. The Morgan fingerprint density at radius 2 is 2.06 bits per heavy atom. The number of halogens is 1. The topological polar surface area (TPSA) is 45.0 Å². The Hall–Kier alpha value is -1.51. The predicted octanol–water partition coefficient (Wildman–Crippen LogP) is 4.03. The van der Waals surface area contributed by atoms with Gasteiger partial charge in [-0.3, -0.25) is 0 Å². The lowest BCUT2D eigenvalue weighted by Crippen LogP contribution is -1.98. The van der Waals surface area contributed by atoms with Gasteiger partial charge < -0.3 is 10.1 Å². The Morgan fingerprint density at radius 1 is 1.28 bits per heavy atom. The van der Waals surface area contributed by atoms with Gasteiger partial charge >= 0.3 is 0 Å². The standard InChI is InChI=1S/C13H11BrN2OS/c14-12-5-8-18-13(12)9-16-10-1-3-11(4-2-10)17-7-6-15/h1-5,8,16H,7,9H2. The van der Waals surface area contributed by atoms with Gasteiger partial charge in [0.05, 0.1) is 6.54 Å². The number of rotatable bonds is 5. The van der Waals surface area contributed by atoms with Crippen molar-refractivity contribution in [1.29, 1.82) is 5.26 Å². The Kier molecular flexibility index (Phi) is 4.62. The van der Waals surface area contributed by atoms with E-state index in [0.29, 0.717) is 5.75 Å². The Bertz CT molecular complexity index is 545. The molecule has 1 heterocycles. The molecule has 0 unspecified atom stereocenters. The number of thiophene rings is 1. The normalized spacial score (nSPS) is 9.78. The summed E-state index contributed by atoms with van der Waals surface area (Å²) in [5, 5.41) is 13.8. The van der Waals surface area contributed by atoms with E-state index in [-0.39, 0.29) is 6.61 Å². The van der Waals surface area contributed by atoms with E-state index >= 15 is 0 Å². The molecule has 2 rings (SSSR count). The molecule has 18 heavy (non-hydrogen) atoms. The van der Waals surface area contributed by atoms with Crippen molar-refractivity contribution < 1.29 is 4.74 Å². The maximum Gasteiger partial charge on any atom is 0.174 e. The molecule has 92 valence electrons. The molecule has 0 aliphatic rings. The number of nitriles is 1. The Labute approximate surface area is 118 Å². The molecule has 1 N–H and O–H groups in total. The predicted molar refractivity (Wildman–Crippen MR) is 76.9 cm³/mol. The fourth-order valence-electron chi connectivity index (χ4n) is 1.42. The Morgan fingerprint density at radius 3 is 2.67 bits per heavy atom. The summed E-state index contributed by atoms with van der Waals surface area (Å²) in [7, 11) is 0. The first-order valence-corrected chi connectivity index (χ1v) is 7.02. The van der Waals surface area contributed by atoms with Gasteiger partial charge in [0.25, 0.3) is 0 Å². The van der Waals surface area contributed by atoms with Crippen LogP contribution >= 0.6 is 27.3 Å². The van der Waals surface area contributed by atoms with E-state index in [1.807, 2.05) is 36.4 Å². The van der Waals surface area contributed by atoms with Crippen LogP contribution in [0.15, 0.2) is 40.2 Å². The minimum absolute atomic E-state index is 0.0783. The van der Waals surface area contributed by atoms with E-state index in [9.17, 15) is 0 Å². The maximum absolute atomic E-state index is 8.41. The maximum atomic E-state index is 8.41. The second-order valence-electron chi connectivity index (χ2n) is 3.52. The van der Waals surface area contributed by atoms with Gasteiger partial charge in [-0.1, -0.05) is 0 Å². The second kappa shape index (κ2) is 6.43. The molecule has 0 fully saturated rings. The summed E-state index contributed by atoms with van der Waals surface area (Å²) < 4.78 is 6.32. The van der Waals surface area contributed by atoms with Crippen LogP contribution in [-0.4, -0.2) is 6.61 Å². The van der Waals surface area contributed by atoms with E-state index in [1.54, 1.807) is 11.3 Å². The molecule has 0 spiro atoms. The molecule has 0 aliphatic heterocycles. The molecule has 1 aromatic heterocycles. The third kappa shape index (κ3) is 3.49. The molecule has 0 saturated heterocycles. The average molecular weight is 323 g/mol. The average Bonchev–Trinajstić information content (AvgIpc) is 2.81. The van der Waals surface area contributed by atoms with Crippen molar-refractivity contribution >= 4 is 33.0 Å². The van der Waals surface area contributed by atoms with E-state index in [0.717, 1.165) is 16.7 Å². The molecule has 5 heteroatoms. The molecule has 0 amide bonds. The van der Waals surface area contributed by atoms with Crippen LogP contribution in [0.3, 0.4) is 0 Å². The molecular weight excluding hydrogens is 312 g/mol. The highest BCUT2D eigenvalue weighted by atomic mass is 79.9. The smallest absolute Gasteiger partial charge is 0.174 e. The lowest BCUT2D eigenvalue weighted by molar-refractivity contribution is 0.368. The van der Waals surface area contributed by atoms with Crippen LogP contribution in [0.25, 0.3) is 0 Å². The van der Waals surface area contributed by atoms with Crippen molar-refractivity contribution in [2.24, 2.45) is 0 Å². The van der Waals surface area contributed by atoms with E-state index in [1.165, 1.54) is 4.88 Å². The lowest BCUT2D eigenvalue weighted by atomic mass is 10.3. The molecule has 0 atom stereocenters. The van der Waals surface area contributed by atoms with E-state index < -0.39 is 0 Å². The monoisotopic (exact) mass is 322 g/mol. The fraction of sp³-hybridized carbons (Fsp3) is 0.154. The molecule has 0 bridgehead atoms. The van der Waals surface area contributed by atoms with Crippen LogP contribution in [0.1, 0.15) is 4.88 Å². The van der Waals surface area contributed by atoms with Crippen LogP contribution in [0.5, 0.6) is 5.75 Å². The SMILES string of the molecule is N#CCOc1ccc(NCc2sccc2Br)cc1. The van der Waals surface area contributed by atoms with E-state index in [2.05, 4.69) is 26.6 Å². The van der Waals surface area contributed by atoms with Gasteiger partial charge in [0, 0.05) is 15.0 Å². The number of anilines is 1. The zero-order valence-corrected chi connectivity index (χ0v) is 11.9. The zero-order valence-electron chi connectivity index (χ0n) is 9.52. The molecule has 3 nitrogen and oxygen atoms in total. The van der Waals surface area contributed by atoms with Gasteiger partial charge in [0.1, 0.15) is 11.8 Å². The van der Waals surface area contributed by atoms with Crippen LogP contribution in [-0.2, 0) is 6.54 Å². The van der Waals surface area contributed by atoms with Crippen molar-refractivity contribution in [2.75, 3.05) is 11.9 Å². The summed E-state index contributed by atoms with van der Waals surface area (Å²) in [6.07, 6.45) is 0. The van der Waals surface area contributed by atoms with Gasteiger partial charge in [-0.2, -0.15) is 5.26 Å². The molecule has 1 aromatic carbocycles. The number of hydrogen-bond donors (Lipinski definition) is 1. The highest BCUT2D eigenvalue weighted by molar-refractivity contribution is 9.10. The van der Waals surface area contributed by atoms with Crippen molar-refractivity contribution in [2.45, 2.75) is 6.54 Å². The van der Waals surface area contributed by atoms with Crippen LogP contribution in [0.4, 0.5) is 5.69 Å². The number of hydrogen-bond acceptors (Lipinski definition) is 4. The third-order valence-electron chi connectivity index (χ3n) is 2.30. The highest BCUT2D eigenvalue weighted by Gasteiger charge is 2.01. The van der Waals surface area contributed by atoms with Crippen molar-refractivity contribution in [3.8, 4) is 11.8 Å². The molecule has 0 aliphatic carbocycles. The first kappa shape index (κ1) is 12.9. The van der Waals surface area contributed by atoms with Gasteiger partial charge in [-0.25, -0.2) is 0 Å². The van der Waals surface area contributed by atoms with Crippen molar-refractivity contribution in [3.05, 3.63) is 45.1 Å². The minimum atomic E-state index is 0.0783. The van der Waals surface area contributed by atoms with Crippen LogP contribution in [0, 0.1) is 11.3 Å². The zero-order chi connectivity index (χ0) is 12.8. The summed E-state index contributed by atoms with van der Waals surface area (Å²) in [5.74, 6) is 0.708. The van der Waals surface area contributed by atoms with Crippen LogP contribution < -0.4 is 10.1 Å². The van der Waals surface area contributed by atoms with Gasteiger partial charge in [0.2, 0.25) is 0 Å². The summed E-state index contributed by atoms with van der Waals surface area (Å²) >= 11 is 5.21. The lowest BCUT2D eigenvalue weighted by Gasteiger charge is -2.07. The Balaban J connectivity index is 1.91. The number of nitrogens with zero attached hydrogens (tertiary/aromatic N) is 1. The largest absolute Gasteiger partial charge is 0.479 e.